The fraction of sp³-hybridized carbons (Fsp3) is 0.161. The van der Waals surface area contributed by atoms with Crippen LogP contribution in [0.25, 0.3) is 0 Å². The van der Waals surface area contributed by atoms with Crippen molar-refractivity contribution in [2.24, 2.45) is 11.8 Å². The monoisotopic (exact) mass is 600 g/mol. The normalized spacial score (nSPS) is 23.1. The molecule has 3 aromatic rings. The molecule has 2 fully saturated rings. The van der Waals surface area contributed by atoms with Crippen molar-refractivity contribution in [2.45, 2.75) is 12.1 Å². The topological polar surface area (TPSA) is 84.0 Å². The van der Waals surface area contributed by atoms with E-state index < -0.39 is 41.6 Å². The van der Waals surface area contributed by atoms with E-state index in [-0.39, 0.29) is 17.3 Å². The number of Topliss-reactive ketones (excluding diaryl/α,β-unsaturated/α-hetero) is 2. The molecule has 3 aromatic carbocycles. The van der Waals surface area contributed by atoms with Crippen LogP contribution in [-0.2, 0) is 9.59 Å². The molecule has 9 heteroatoms. The van der Waals surface area contributed by atoms with Crippen LogP contribution in [0, 0.1) is 17.7 Å². The standard InChI is InChI=1S/C31H22BrFN2O5/c1-40-24-12-7-18(15-22(24)32)29(37)27-26-25(30(38)35(31(26)39)21-10-8-20(33)9-11-21)23-16-19(13-14-34(23)27)28(36)17-5-3-2-4-6-17/h2-16,23,25-27H,1H3/t23-,25-,26+,27-/m1/s1. The highest BCUT2D eigenvalue weighted by molar-refractivity contribution is 9.10. The summed E-state index contributed by atoms with van der Waals surface area (Å²) >= 11 is 3.41. The fourth-order valence-corrected chi connectivity index (χ4v) is 6.33. The van der Waals surface area contributed by atoms with E-state index in [1.54, 1.807) is 65.7 Å². The van der Waals surface area contributed by atoms with Crippen molar-refractivity contribution in [3.63, 3.8) is 0 Å². The molecule has 200 valence electrons. The lowest BCUT2D eigenvalue weighted by Gasteiger charge is -2.33. The van der Waals surface area contributed by atoms with Gasteiger partial charge in [0, 0.05) is 22.9 Å². The summed E-state index contributed by atoms with van der Waals surface area (Å²) < 4.78 is 19.5. The number of hydrogen-bond acceptors (Lipinski definition) is 6. The maximum Gasteiger partial charge on any atom is 0.240 e. The van der Waals surface area contributed by atoms with Crippen LogP contribution in [0.3, 0.4) is 0 Å². The van der Waals surface area contributed by atoms with E-state index >= 15 is 0 Å². The Morgan fingerprint density at radius 3 is 2.27 bits per heavy atom. The first kappa shape index (κ1) is 25.9. The number of carbonyl (C=O) groups is 4. The zero-order valence-electron chi connectivity index (χ0n) is 21.2. The van der Waals surface area contributed by atoms with E-state index in [1.807, 2.05) is 6.07 Å². The van der Waals surface area contributed by atoms with Gasteiger partial charge in [0.15, 0.2) is 11.6 Å². The lowest BCUT2D eigenvalue weighted by Crippen LogP contribution is -2.46. The predicted molar refractivity (Wildman–Crippen MR) is 148 cm³/mol. The molecule has 0 N–H and O–H groups in total. The first-order valence-corrected chi connectivity index (χ1v) is 13.4. The summed E-state index contributed by atoms with van der Waals surface area (Å²) in [6, 6.07) is 17.0. The highest BCUT2D eigenvalue weighted by Gasteiger charge is 2.63. The van der Waals surface area contributed by atoms with Gasteiger partial charge in [-0.1, -0.05) is 36.4 Å². The number of ketones is 2. The van der Waals surface area contributed by atoms with Crippen molar-refractivity contribution in [3.8, 4) is 5.75 Å². The Balaban J connectivity index is 1.43. The van der Waals surface area contributed by atoms with Gasteiger partial charge in [-0.2, -0.15) is 0 Å². The lowest BCUT2D eigenvalue weighted by atomic mass is 9.85. The number of ether oxygens (including phenoxy) is 1. The summed E-state index contributed by atoms with van der Waals surface area (Å²) in [5.74, 6) is -3.51. The van der Waals surface area contributed by atoms with E-state index in [2.05, 4.69) is 15.9 Å². The predicted octanol–water partition coefficient (Wildman–Crippen LogP) is 4.97. The second-order valence-electron chi connectivity index (χ2n) is 9.77. The number of fused-ring (bicyclic) bond motifs is 3. The lowest BCUT2D eigenvalue weighted by molar-refractivity contribution is -0.123. The molecule has 3 aliphatic heterocycles. The Morgan fingerprint density at radius 1 is 0.900 bits per heavy atom. The van der Waals surface area contributed by atoms with Crippen molar-refractivity contribution < 1.29 is 28.3 Å². The smallest absolute Gasteiger partial charge is 0.240 e. The minimum atomic E-state index is -1.01. The molecule has 0 unspecified atom stereocenters. The SMILES string of the molecule is COc1ccc(C(=O)[C@H]2[C@H]3C(=O)N(c4ccc(F)cc4)C(=O)[C@@H]3[C@H]3C=C(C(=O)c4ccccc4)C=CN32)cc1Br. The van der Waals surface area contributed by atoms with Crippen LogP contribution in [0.4, 0.5) is 10.1 Å². The fourth-order valence-electron chi connectivity index (χ4n) is 5.79. The Bertz CT molecular complexity index is 1620. The molecular formula is C31H22BrFN2O5. The van der Waals surface area contributed by atoms with Gasteiger partial charge >= 0.3 is 0 Å². The second kappa shape index (κ2) is 9.98. The number of nitrogens with zero attached hydrogens (tertiary/aromatic N) is 2. The summed E-state index contributed by atoms with van der Waals surface area (Å²) in [7, 11) is 1.51. The van der Waals surface area contributed by atoms with Gasteiger partial charge in [-0.15, -0.1) is 0 Å². The van der Waals surface area contributed by atoms with Crippen molar-refractivity contribution >= 4 is 45.0 Å². The first-order valence-electron chi connectivity index (χ1n) is 12.6. The average molecular weight is 601 g/mol. The van der Waals surface area contributed by atoms with Crippen LogP contribution >= 0.6 is 15.9 Å². The van der Waals surface area contributed by atoms with Crippen LogP contribution in [-0.4, -0.2) is 47.5 Å². The summed E-state index contributed by atoms with van der Waals surface area (Å²) in [5.41, 5.74) is 1.42. The van der Waals surface area contributed by atoms with Crippen molar-refractivity contribution in [1.82, 2.24) is 4.90 Å². The molecule has 2 amide bonds. The zero-order valence-corrected chi connectivity index (χ0v) is 22.7. The van der Waals surface area contributed by atoms with E-state index in [9.17, 15) is 23.6 Å². The largest absolute Gasteiger partial charge is 0.496 e. The summed E-state index contributed by atoms with van der Waals surface area (Å²) in [6.07, 6.45) is 4.91. The summed E-state index contributed by atoms with van der Waals surface area (Å²) in [6.45, 7) is 0. The average Bonchev–Trinajstić information content (AvgIpc) is 3.44. The van der Waals surface area contributed by atoms with Gasteiger partial charge in [0.25, 0.3) is 0 Å². The van der Waals surface area contributed by atoms with Gasteiger partial charge in [-0.25, -0.2) is 9.29 Å². The molecule has 4 atom stereocenters. The summed E-state index contributed by atoms with van der Waals surface area (Å²) in [4.78, 5) is 57.7. The van der Waals surface area contributed by atoms with Gasteiger partial charge in [-0.3, -0.25) is 19.2 Å². The van der Waals surface area contributed by atoms with Crippen LogP contribution in [0.1, 0.15) is 20.7 Å². The molecule has 2 saturated heterocycles. The Labute approximate surface area is 237 Å². The molecule has 0 aromatic heterocycles. The highest BCUT2D eigenvalue weighted by Crippen LogP contribution is 2.47. The molecule has 0 saturated carbocycles. The number of methoxy groups -OCH3 is 1. The quantitative estimate of drug-likeness (QED) is 0.293. The highest BCUT2D eigenvalue weighted by atomic mass is 79.9. The van der Waals surface area contributed by atoms with Crippen LogP contribution in [0.5, 0.6) is 5.75 Å². The molecule has 6 rings (SSSR count). The molecule has 0 spiro atoms. The van der Waals surface area contributed by atoms with Gasteiger partial charge in [0.05, 0.1) is 35.1 Å². The van der Waals surface area contributed by atoms with Crippen LogP contribution < -0.4 is 9.64 Å². The molecule has 3 aliphatic rings. The minimum absolute atomic E-state index is 0.228. The number of carbonyl (C=O) groups excluding carboxylic acids is 4. The second-order valence-corrected chi connectivity index (χ2v) is 10.6. The zero-order chi connectivity index (χ0) is 28.1. The third-order valence-electron chi connectivity index (χ3n) is 7.64. The maximum atomic E-state index is 14.0. The molecule has 40 heavy (non-hydrogen) atoms. The third kappa shape index (κ3) is 4.08. The van der Waals surface area contributed by atoms with Crippen LogP contribution in [0.2, 0.25) is 0 Å². The minimum Gasteiger partial charge on any atom is -0.496 e. The first-order chi connectivity index (χ1) is 19.3. The Hall–Kier alpha value is -4.37. The van der Waals surface area contributed by atoms with Gasteiger partial charge in [0.1, 0.15) is 17.6 Å². The van der Waals surface area contributed by atoms with E-state index in [1.165, 1.54) is 31.4 Å². The Kier molecular flexibility index (Phi) is 6.46. The number of halogens is 2. The van der Waals surface area contributed by atoms with Crippen molar-refractivity contribution in [3.05, 3.63) is 118 Å². The molecule has 3 heterocycles. The number of anilines is 1. The number of benzene rings is 3. The van der Waals surface area contributed by atoms with Crippen molar-refractivity contribution in [2.75, 3.05) is 12.0 Å². The molecule has 0 aliphatic carbocycles. The third-order valence-corrected chi connectivity index (χ3v) is 8.26. The molecule has 7 nitrogen and oxygen atoms in total. The number of imide groups is 1. The number of rotatable bonds is 6. The maximum absolute atomic E-state index is 14.0. The van der Waals surface area contributed by atoms with Gasteiger partial charge in [0.2, 0.25) is 11.8 Å². The van der Waals surface area contributed by atoms with E-state index in [0.29, 0.717) is 26.9 Å². The summed E-state index contributed by atoms with van der Waals surface area (Å²) in [5, 5.41) is 0. The molecular weight excluding hydrogens is 579 g/mol. The molecule has 0 radical (unpaired) electrons. The Morgan fingerprint density at radius 2 is 1.60 bits per heavy atom. The van der Waals surface area contributed by atoms with Gasteiger partial charge in [-0.05, 0) is 64.5 Å². The van der Waals surface area contributed by atoms with E-state index in [0.717, 1.165) is 4.90 Å². The number of hydrogen-bond donors (Lipinski definition) is 0. The van der Waals surface area contributed by atoms with Gasteiger partial charge < -0.3 is 9.64 Å². The van der Waals surface area contributed by atoms with E-state index in [4.69, 9.17) is 4.74 Å². The number of allylic oxidation sites excluding steroid dienone is 2. The molecule has 0 bridgehead atoms. The number of amides is 2. The van der Waals surface area contributed by atoms with Crippen LogP contribution in [0.15, 0.2) is 101 Å². The van der Waals surface area contributed by atoms with Crippen molar-refractivity contribution in [1.29, 1.82) is 0 Å².